The van der Waals surface area contributed by atoms with E-state index in [2.05, 4.69) is 11.8 Å². The number of hydrogen-bond donors (Lipinski definition) is 0. The predicted molar refractivity (Wildman–Crippen MR) is 40.4 cm³/mol. The second-order valence-corrected chi connectivity index (χ2v) is 2.69. The van der Waals surface area contributed by atoms with Crippen LogP contribution >= 0.6 is 0 Å². The van der Waals surface area contributed by atoms with Gasteiger partial charge in [-0.25, -0.2) is 0 Å². The van der Waals surface area contributed by atoms with Crippen molar-refractivity contribution in [3.63, 3.8) is 0 Å². The SMILES string of the molecule is CC#CCC1CCCC1=O. The molecular formula is C9H12O. The molecule has 0 aliphatic heterocycles. The average Bonchev–Trinajstić information content (AvgIpc) is 2.31. The summed E-state index contributed by atoms with van der Waals surface area (Å²) in [6.45, 7) is 1.82. The normalized spacial score (nSPS) is 24.1. The second kappa shape index (κ2) is 3.41. The Morgan fingerprint density at radius 3 is 3.00 bits per heavy atom. The van der Waals surface area contributed by atoms with Crippen molar-refractivity contribution in [2.24, 2.45) is 5.92 Å². The van der Waals surface area contributed by atoms with Crippen molar-refractivity contribution in [1.82, 2.24) is 0 Å². The monoisotopic (exact) mass is 136 g/mol. The van der Waals surface area contributed by atoms with Crippen LogP contribution in [0.15, 0.2) is 0 Å². The van der Waals surface area contributed by atoms with Gasteiger partial charge in [-0.3, -0.25) is 4.79 Å². The molecule has 1 atom stereocenters. The summed E-state index contributed by atoms with van der Waals surface area (Å²) < 4.78 is 0. The van der Waals surface area contributed by atoms with Crippen LogP contribution in [0.3, 0.4) is 0 Å². The van der Waals surface area contributed by atoms with Crippen LogP contribution < -0.4 is 0 Å². The molecular weight excluding hydrogens is 124 g/mol. The Labute approximate surface area is 61.8 Å². The lowest BCUT2D eigenvalue weighted by atomic mass is 10.0. The van der Waals surface area contributed by atoms with E-state index < -0.39 is 0 Å². The highest BCUT2D eigenvalue weighted by Gasteiger charge is 2.22. The minimum absolute atomic E-state index is 0.271. The van der Waals surface area contributed by atoms with Gasteiger partial charge >= 0.3 is 0 Å². The Morgan fingerprint density at radius 1 is 1.70 bits per heavy atom. The van der Waals surface area contributed by atoms with E-state index in [0.717, 1.165) is 25.7 Å². The van der Waals surface area contributed by atoms with Crippen molar-refractivity contribution < 1.29 is 4.79 Å². The first kappa shape index (κ1) is 7.34. The van der Waals surface area contributed by atoms with E-state index >= 15 is 0 Å². The average molecular weight is 136 g/mol. The smallest absolute Gasteiger partial charge is 0.136 e. The molecule has 0 amide bonds. The lowest BCUT2D eigenvalue weighted by Gasteiger charge is -1.98. The Morgan fingerprint density at radius 2 is 2.50 bits per heavy atom. The minimum Gasteiger partial charge on any atom is -0.299 e. The van der Waals surface area contributed by atoms with E-state index in [-0.39, 0.29) is 5.92 Å². The molecule has 1 heteroatoms. The van der Waals surface area contributed by atoms with E-state index in [1.807, 2.05) is 6.92 Å². The van der Waals surface area contributed by atoms with Crippen molar-refractivity contribution in [2.75, 3.05) is 0 Å². The van der Waals surface area contributed by atoms with Crippen molar-refractivity contribution in [1.29, 1.82) is 0 Å². The maximum atomic E-state index is 11.0. The van der Waals surface area contributed by atoms with E-state index in [1.165, 1.54) is 0 Å². The first-order valence-corrected chi connectivity index (χ1v) is 3.77. The quantitative estimate of drug-likeness (QED) is 0.502. The van der Waals surface area contributed by atoms with Gasteiger partial charge in [-0.05, 0) is 19.8 Å². The Bertz CT molecular complexity index is 183. The van der Waals surface area contributed by atoms with Crippen LogP contribution in [-0.2, 0) is 4.79 Å². The van der Waals surface area contributed by atoms with Gasteiger partial charge in [-0.1, -0.05) is 0 Å². The Hall–Kier alpha value is -0.770. The van der Waals surface area contributed by atoms with E-state index in [0.29, 0.717) is 5.78 Å². The van der Waals surface area contributed by atoms with Crippen LogP contribution in [0.4, 0.5) is 0 Å². The predicted octanol–water partition coefficient (Wildman–Crippen LogP) is 1.77. The summed E-state index contributed by atoms with van der Waals surface area (Å²) in [5.74, 6) is 6.45. The lowest BCUT2D eigenvalue weighted by Crippen LogP contribution is -2.04. The summed E-state index contributed by atoms with van der Waals surface area (Å²) in [4.78, 5) is 11.0. The molecule has 10 heavy (non-hydrogen) atoms. The minimum atomic E-state index is 0.271. The second-order valence-electron chi connectivity index (χ2n) is 2.69. The van der Waals surface area contributed by atoms with Crippen LogP contribution in [0, 0.1) is 17.8 Å². The number of ketones is 1. The van der Waals surface area contributed by atoms with E-state index in [1.54, 1.807) is 0 Å². The number of rotatable bonds is 1. The highest BCUT2D eigenvalue weighted by atomic mass is 16.1. The molecule has 0 aromatic carbocycles. The van der Waals surface area contributed by atoms with Crippen molar-refractivity contribution >= 4 is 5.78 Å². The third kappa shape index (κ3) is 1.60. The van der Waals surface area contributed by atoms with Gasteiger partial charge in [0.1, 0.15) is 5.78 Å². The third-order valence-corrected chi connectivity index (χ3v) is 1.96. The van der Waals surface area contributed by atoms with Crippen LogP contribution in [0.2, 0.25) is 0 Å². The molecule has 0 aromatic rings. The largest absolute Gasteiger partial charge is 0.299 e. The first-order valence-electron chi connectivity index (χ1n) is 3.77. The molecule has 0 heterocycles. The Kier molecular flexibility index (Phi) is 2.50. The van der Waals surface area contributed by atoms with Gasteiger partial charge in [-0.2, -0.15) is 0 Å². The van der Waals surface area contributed by atoms with Gasteiger partial charge in [0.25, 0.3) is 0 Å². The molecule has 0 N–H and O–H groups in total. The Balaban J connectivity index is 2.38. The molecule has 0 aromatic heterocycles. The van der Waals surface area contributed by atoms with Gasteiger partial charge in [-0.15, -0.1) is 11.8 Å². The molecule has 1 saturated carbocycles. The third-order valence-electron chi connectivity index (χ3n) is 1.96. The molecule has 0 bridgehead atoms. The van der Waals surface area contributed by atoms with Crippen LogP contribution in [0.25, 0.3) is 0 Å². The number of carbonyl (C=O) groups excluding carboxylic acids is 1. The maximum absolute atomic E-state index is 11.0. The van der Waals surface area contributed by atoms with Crippen molar-refractivity contribution in [3.05, 3.63) is 0 Å². The first-order chi connectivity index (χ1) is 4.84. The molecule has 1 nitrogen and oxygen atoms in total. The molecule has 1 rings (SSSR count). The van der Waals surface area contributed by atoms with Crippen LogP contribution in [0.1, 0.15) is 32.6 Å². The molecule has 1 aliphatic carbocycles. The fourth-order valence-corrected chi connectivity index (χ4v) is 1.33. The standard InChI is InChI=1S/C9H12O/c1-2-3-5-8-6-4-7-9(8)10/h8H,4-7H2,1H3. The summed E-state index contributed by atoms with van der Waals surface area (Å²) in [6, 6.07) is 0. The summed E-state index contributed by atoms with van der Waals surface area (Å²) in [6.07, 6.45) is 3.72. The van der Waals surface area contributed by atoms with Crippen molar-refractivity contribution in [3.8, 4) is 11.8 Å². The molecule has 0 spiro atoms. The summed E-state index contributed by atoms with van der Waals surface area (Å²) in [5, 5.41) is 0. The highest BCUT2D eigenvalue weighted by molar-refractivity contribution is 5.83. The molecule has 0 radical (unpaired) electrons. The molecule has 0 saturated heterocycles. The fraction of sp³-hybridized carbons (Fsp3) is 0.667. The maximum Gasteiger partial charge on any atom is 0.136 e. The van der Waals surface area contributed by atoms with Gasteiger partial charge < -0.3 is 0 Å². The molecule has 1 unspecified atom stereocenters. The van der Waals surface area contributed by atoms with Gasteiger partial charge in [0.15, 0.2) is 0 Å². The summed E-state index contributed by atoms with van der Waals surface area (Å²) in [7, 11) is 0. The van der Waals surface area contributed by atoms with Gasteiger partial charge in [0.05, 0.1) is 0 Å². The zero-order valence-electron chi connectivity index (χ0n) is 6.31. The van der Waals surface area contributed by atoms with Crippen LogP contribution in [-0.4, -0.2) is 5.78 Å². The zero-order valence-corrected chi connectivity index (χ0v) is 6.31. The topological polar surface area (TPSA) is 17.1 Å². The van der Waals surface area contributed by atoms with Crippen LogP contribution in [0.5, 0.6) is 0 Å². The summed E-state index contributed by atoms with van der Waals surface area (Å²) >= 11 is 0. The van der Waals surface area contributed by atoms with Gasteiger partial charge in [0, 0.05) is 18.8 Å². The fourth-order valence-electron chi connectivity index (χ4n) is 1.33. The highest BCUT2D eigenvalue weighted by Crippen LogP contribution is 2.23. The number of hydrogen-bond acceptors (Lipinski definition) is 1. The zero-order chi connectivity index (χ0) is 7.40. The van der Waals surface area contributed by atoms with E-state index in [4.69, 9.17) is 0 Å². The number of Topliss-reactive ketones (excluding diaryl/α,β-unsaturated/α-hetero) is 1. The number of carbonyl (C=O) groups is 1. The molecule has 54 valence electrons. The molecule has 1 aliphatic rings. The van der Waals surface area contributed by atoms with Gasteiger partial charge in [0.2, 0.25) is 0 Å². The molecule has 1 fully saturated rings. The van der Waals surface area contributed by atoms with Crippen molar-refractivity contribution in [2.45, 2.75) is 32.6 Å². The van der Waals surface area contributed by atoms with E-state index in [9.17, 15) is 4.79 Å². The summed E-state index contributed by atoms with van der Waals surface area (Å²) in [5.41, 5.74) is 0. The lowest BCUT2D eigenvalue weighted by molar-refractivity contribution is -0.120.